The molecule has 1 aliphatic heterocycles. The number of halogens is 2. The van der Waals surface area contributed by atoms with Crippen LogP contribution in [0.1, 0.15) is 17.2 Å². The molecule has 1 aliphatic rings. The minimum Gasteiger partial charge on any atom is -0.379 e. The van der Waals surface area contributed by atoms with Gasteiger partial charge in [0.1, 0.15) is 11.6 Å². The highest BCUT2D eigenvalue weighted by molar-refractivity contribution is 5.79. The van der Waals surface area contributed by atoms with Crippen molar-refractivity contribution < 1.29 is 13.5 Å². The molecule has 1 atom stereocenters. The summed E-state index contributed by atoms with van der Waals surface area (Å²) < 4.78 is 32.4. The van der Waals surface area contributed by atoms with Crippen molar-refractivity contribution in [1.82, 2.24) is 15.1 Å². The maximum absolute atomic E-state index is 13.8. The number of benzene rings is 2. The molecule has 0 amide bonds. The Balaban J connectivity index is 1.68. The van der Waals surface area contributed by atoms with E-state index in [2.05, 4.69) is 15.2 Å². The zero-order chi connectivity index (χ0) is 20.6. The second kappa shape index (κ2) is 10.3. The van der Waals surface area contributed by atoms with Crippen LogP contribution >= 0.6 is 0 Å². The summed E-state index contributed by atoms with van der Waals surface area (Å²) >= 11 is 0. The monoisotopic (exact) mass is 402 g/mol. The Labute approximate surface area is 171 Å². The average Bonchev–Trinajstić information content (AvgIpc) is 2.73. The van der Waals surface area contributed by atoms with Gasteiger partial charge in [0, 0.05) is 40.3 Å². The molecule has 5 nitrogen and oxygen atoms in total. The van der Waals surface area contributed by atoms with Crippen LogP contribution in [0.15, 0.2) is 53.5 Å². The van der Waals surface area contributed by atoms with Gasteiger partial charge in [-0.2, -0.15) is 0 Å². The molecule has 0 bridgehead atoms. The highest BCUT2D eigenvalue weighted by atomic mass is 19.1. The SMILES string of the molecule is CN=C(NCC(c1cccc(F)c1)N1CCOCC1)N(C)Cc1ccc(F)cc1. The molecule has 156 valence electrons. The largest absolute Gasteiger partial charge is 0.379 e. The number of hydrogen-bond acceptors (Lipinski definition) is 3. The first-order valence-electron chi connectivity index (χ1n) is 9.80. The van der Waals surface area contributed by atoms with Gasteiger partial charge in [0.25, 0.3) is 0 Å². The fourth-order valence-corrected chi connectivity index (χ4v) is 3.57. The summed E-state index contributed by atoms with van der Waals surface area (Å²) in [5.41, 5.74) is 1.92. The molecule has 1 heterocycles. The molecule has 0 radical (unpaired) electrons. The third kappa shape index (κ3) is 5.98. The van der Waals surface area contributed by atoms with E-state index in [1.807, 2.05) is 18.0 Å². The van der Waals surface area contributed by atoms with Crippen LogP contribution in [-0.4, -0.2) is 62.7 Å². The lowest BCUT2D eigenvalue weighted by Crippen LogP contribution is -2.46. The fourth-order valence-electron chi connectivity index (χ4n) is 3.57. The Hall–Kier alpha value is -2.51. The van der Waals surface area contributed by atoms with Crippen LogP contribution in [0.2, 0.25) is 0 Å². The van der Waals surface area contributed by atoms with Crippen LogP contribution in [0.3, 0.4) is 0 Å². The number of ether oxygens (including phenoxy) is 1. The van der Waals surface area contributed by atoms with E-state index >= 15 is 0 Å². The summed E-state index contributed by atoms with van der Waals surface area (Å²) in [6.07, 6.45) is 0. The average molecular weight is 402 g/mol. The predicted octanol–water partition coefficient (Wildman–Crippen LogP) is 3.05. The zero-order valence-corrected chi connectivity index (χ0v) is 16.9. The van der Waals surface area contributed by atoms with E-state index < -0.39 is 0 Å². The number of hydrogen-bond donors (Lipinski definition) is 1. The number of nitrogens with zero attached hydrogens (tertiary/aromatic N) is 3. The molecule has 1 unspecified atom stereocenters. The highest BCUT2D eigenvalue weighted by Crippen LogP contribution is 2.22. The minimum absolute atomic E-state index is 0.00516. The van der Waals surface area contributed by atoms with Crippen molar-refractivity contribution in [3.05, 3.63) is 71.3 Å². The predicted molar refractivity (Wildman–Crippen MR) is 111 cm³/mol. The van der Waals surface area contributed by atoms with Gasteiger partial charge in [0.05, 0.1) is 19.3 Å². The molecule has 0 saturated carbocycles. The van der Waals surface area contributed by atoms with Crippen molar-refractivity contribution in [2.75, 3.05) is 46.9 Å². The van der Waals surface area contributed by atoms with Crippen molar-refractivity contribution in [2.45, 2.75) is 12.6 Å². The smallest absolute Gasteiger partial charge is 0.193 e. The van der Waals surface area contributed by atoms with E-state index in [1.165, 1.54) is 18.2 Å². The molecular weight excluding hydrogens is 374 g/mol. The first kappa shape index (κ1) is 21.2. The van der Waals surface area contributed by atoms with Gasteiger partial charge in [-0.15, -0.1) is 0 Å². The van der Waals surface area contributed by atoms with Gasteiger partial charge >= 0.3 is 0 Å². The van der Waals surface area contributed by atoms with Crippen LogP contribution in [-0.2, 0) is 11.3 Å². The number of morpholine rings is 1. The van der Waals surface area contributed by atoms with Gasteiger partial charge in [0.2, 0.25) is 0 Å². The number of nitrogens with one attached hydrogen (secondary N) is 1. The summed E-state index contributed by atoms with van der Waals surface area (Å²) in [5.74, 6) is 0.241. The number of guanidine groups is 1. The summed E-state index contributed by atoms with van der Waals surface area (Å²) in [6.45, 7) is 4.13. The van der Waals surface area contributed by atoms with Crippen molar-refractivity contribution >= 4 is 5.96 Å². The molecule has 0 aromatic heterocycles. The number of aliphatic imine (C=N–C) groups is 1. The molecule has 2 aromatic rings. The standard InChI is InChI=1S/C22H28F2N4O/c1-25-22(27(2)16-17-6-8-19(23)9-7-17)26-15-21(28-10-12-29-13-11-28)18-4-3-5-20(24)14-18/h3-9,14,21H,10-13,15-16H2,1-2H3,(H,25,26). The van der Waals surface area contributed by atoms with Gasteiger partial charge in [-0.1, -0.05) is 24.3 Å². The summed E-state index contributed by atoms with van der Waals surface area (Å²) in [6, 6.07) is 13.2. The lowest BCUT2D eigenvalue weighted by atomic mass is 10.0. The third-order valence-electron chi connectivity index (χ3n) is 5.08. The van der Waals surface area contributed by atoms with E-state index in [4.69, 9.17) is 4.74 Å². The molecular formula is C22H28F2N4O. The van der Waals surface area contributed by atoms with E-state index in [0.29, 0.717) is 26.3 Å². The van der Waals surface area contributed by atoms with Crippen molar-refractivity contribution in [3.63, 3.8) is 0 Å². The van der Waals surface area contributed by atoms with Crippen LogP contribution in [0.25, 0.3) is 0 Å². The Morgan fingerprint density at radius 3 is 2.52 bits per heavy atom. The summed E-state index contributed by atoms with van der Waals surface area (Å²) in [7, 11) is 3.67. The van der Waals surface area contributed by atoms with Crippen molar-refractivity contribution in [1.29, 1.82) is 0 Å². The molecule has 1 saturated heterocycles. The van der Waals surface area contributed by atoms with Crippen molar-refractivity contribution in [3.8, 4) is 0 Å². The lowest BCUT2D eigenvalue weighted by molar-refractivity contribution is 0.0168. The summed E-state index contributed by atoms with van der Waals surface area (Å²) in [5, 5.41) is 3.41. The number of rotatable bonds is 6. The van der Waals surface area contributed by atoms with E-state index in [-0.39, 0.29) is 17.7 Å². The van der Waals surface area contributed by atoms with Crippen molar-refractivity contribution in [2.24, 2.45) is 4.99 Å². The molecule has 29 heavy (non-hydrogen) atoms. The second-order valence-electron chi connectivity index (χ2n) is 7.13. The molecule has 0 spiro atoms. The summed E-state index contributed by atoms with van der Waals surface area (Å²) in [4.78, 5) is 8.66. The maximum Gasteiger partial charge on any atom is 0.193 e. The van der Waals surface area contributed by atoms with Gasteiger partial charge in [-0.25, -0.2) is 8.78 Å². The normalized spacial score (nSPS) is 16.5. The van der Waals surface area contributed by atoms with Crippen LogP contribution in [0, 0.1) is 11.6 Å². The third-order valence-corrected chi connectivity index (χ3v) is 5.08. The Bertz CT molecular complexity index is 807. The second-order valence-corrected chi connectivity index (χ2v) is 7.13. The Morgan fingerprint density at radius 1 is 1.14 bits per heavy atom. The van der Waals surface area contributed by atoms with Gasteiger partial charge in [-0.3, -0.25) is 9.89 Å². The Kier molecular flexibility index (Phi) is 7.55. The minimum atomic E-state index is -0.248. The quantitative estimate of drug-likeness (QED) is 0.596. The maximum atomic E-state index is 13.8. The molecule has 2 aromatic carbocycles. The fraction of sp³-hybridized carbons (Fsp3) is 0.409. The molecule has 0 aliphatic carbocycles. The highest BCUT2D eigenvalue weighted by Gasteiger charge is 2.23. The van der Waals surface area contributed by atoms with Gasteiger partial charge < -0.3 is 15.0 Å². The van der Waals surface area contributed by atoms with E-state index in [0.717, 1.165) is 30.2 Å². The van der Waals surface area contributed by atoms with Crippen LogP contribution in [0.4, 0.5) is 8.78 Å². The van der Waals surface area contributed by atoms with E-state index in [1.54, 1.807) is 31.3 Å². The van der Waals surface area contributed by atoms with Crippen LogP contribution < -0.4 is 5.32 Å². The first-order chi connectivity index (χ1) is 14.1. The van der Waals surface area contributed by atoms with Gasteiger partial charge in [-0.05, 0) is 35.4 Å². The molecule has 1 N–H and O–H groups in total. The van der Waals surface area contributed by atoms with E-state index in [9.17, 15) is 8.78 Å². The van der Waals surface area contributed by atoms with Crippen LogP contribution in [0.5, 0.6) is 0 Å². The van der Waals surface area contributed by atoms with Gasteiger partial charge in [0.15, 0.2) is 5.96 Å². The molecule has 7 heteroatoms. The first-order valence-corrected chi connectivity index (χ1v) is 9.80. The topological polar surface area (TPSA) is 40.1 Å². The lowest BCUT2D eigenvalue weighted by Gasteiger charge is -2.35. The molecule has 1 fully saturated rings. The Morgan fingerprint density at radius 2 is 1.86 bits per heavy atom. The zero-order valence-electron chi connectivity index (χ0n) is 16.9. The molecule has 3 rings (SSSR count).